The zero-order valence-corrected chi connectivity index (χ0v) is 7.03. The van der Waals surface area contributed by atoms with Crippen LogP contribution in [0.2, 0.25) is 0 Å². The fourth-order valence-corrected chi connectivity index (χ4v) is 1.32. The first kappa shape index (κ1) is 9.27. The lowest BCUT2D eigenvalue weighted by Crippen LogP contribution is -2.34. The Hall–Kier alpha value is 0.270. The normalized spacial score (nSPS) is 17.3. The minimum atomic E-state index is 0.253. The van der Waals surface area contributed by atoms with Crippen LogP contribution in [0.1, 0.15) is 6.92 Å². The molecule has 9 heavy (non-hydrogen) atoms. The van der Waals surface area contributed by atoms with E-state index < -0.39 is 0 Å². The van der Waals surface area contributed by atoms with E-state index in [0.717, 1.165) is 0 Å². The van der Waals surface area contributed by atoms with Gasteiger partial charge in [0.15, 0.2) is 0 Å². The Bertz CT molecular complexity index is 66.1. The summed E-state index contributed by atoms with van der Waals surface area (Å²) in [5.41, 5.74) is 0. The number of hydrogen-bond acceptors (Lipinski definition) is 3. The van der Waals surface area contributed by atoms with E-state index in [0.29, 0.717) is 11.3 Å². The summed E-state index contributed by atoms with van der Waals surface area (Å²) in [6.07, 6.45) is 2.01. The van der Waals surface area contributed by atoms with Crippen molar-refractivity contribution in [3.63, 3.8) is 0 Å². The molecule has 0 spiro atoms. The number of hydrogen-bond donors (Lipinski definition) is 2. The van der Waals surface area contributed by atoms with Crippen molar-refractivity contribution < 1.29 is 5.11 Å². The van der Waals surface area contributed by atoms with Crippen molar-refractivity contribution in [1.29, 1.82) is 0 Å². The van der Waals surface area contributed by atoms with Crippen molar-refractivity contribution in [3.8, 4) is 0 Å². The van der Waals surface area contributed by atoms with E-state index in [1.54, 1.807) is 11.8 Å². The first-order valence-electron chi connectivity index (χ1n) is 3.07. The predicted octanol–water partition coefficient (Wildman–Crippen LogP) is 0.318. The van der Waals surface area contributed by atoms with Gasteiger partial charge in [-0.05, 0) is 20.2 Å². The van der Waals surface area contributed by atoms with Crippen LogP contribution in [0.25, 0.3) is 0 Å². The van der Waals surface area contributed by atoms with Gasteiger partial charge in [0.2, 0.25) is 0 Å². The van der Waals surface area contributed by atoms with Crippen molar-refractivity contribution in [2.75, 3.05) is 19.9 Å². The minimum absolute atomic E-state index is 0.253. The Labute approximate surface area is 61.0 Å². The van der Waals surface area contributed by atoms with Gasteiger partial charge in [-0.15, -0.1) is 0 Å². The molecule has 0 aliphatic rings. The summed E-state index contributed by atoms with van der Waals surface area (Å²) in [7, 11) is 1.91. The first-order valence-corrected chi connectivity index (χ1v) is 4.36. The highest BCUT2D eigenvalue weighted by Crippen LogP contribution is 2.08. The highest BCUT2D eigenvalue weighted by atomic mass is 32.2. The quantitative estimate of drug-likeness (QED) is 0.604. The highest BCUT2D eigenvalue weighted by Gasteiger charge is 2.11. The lowest BCUT2D eigenvalue weighted by molar-refractivity contribution is 0.279. The molecular weight excluding hydrogens is 134 g/mol. The largest absolute Gasteiger partial charge is 0.395 e. The van der Waals surface area contributed by atoms with Crippen LogP contribution in [0.3, 0.4) is 0 Å². The molecule has 0 aliphatic carbocycles. The number of nitrogens with one attached hydrogen (secondary N) is 1. The molecule has 2 unspecified atom stereocenters. The van der Waals surface area contributed by atoms with Gasteiger partial charge in [0.05, 0.1) is 6.61 Å². The van der Waals surface area contributed by atoms with Crippen LogP contribution in [0.5, 0.6) is 0 Å². The molecule has 56 valence electrons. The molecule has 0 bridgehead atoms. The fourth-order valence-electron chi connectivity index (χ4n) is 0.623. The minimum Gasteiger partial charge on any atom is -0.395 e. The second-order valence-electron chi connectivity index (χ2n) is 2.03. The van der Waals surface area contributed by atoms with Crippen molar-refractivity contribution >= 4 is 11.8 Å². The molecule has 3 heteroatoms. The van der Waals surface area contributed by atoms with Gasteiger partial charge in [-0.1, -0.05) is 0 Å². The predicted molar refractivity (Wildman–Crippen MR) is 42.9 cm³/mol. The van der Waals surface area contributed by atoms with Crippen LogP contribution in [-0.2, 0) is 0 Å². The van der Waals surface area contributed by atoms with Gasteiger partial charge in [0, 0.05) is 11.3 Å². The van der Waals surface area contributed by atoms with Crippen LogP contribution in [0, 0.1) is 0 Å². The Balaban J connectivity index is 3.50. The summed E-state index contributed by atoms with van der Waals surface area (Å²) in [5, 5.41) is 12.2. The molecule has 0 rings (SSSR count). The van der Waals surface area contributed by atoms with Gasteiger partial charge >= 0.3 is 0 Å². The highest BCUT2D eigenvalue weighted by molar-refractivity contribution is 7.99. The van der Waals surface area contributed by atoms with E-state index in [2.05, 4.69) is 12.2 Å². The lowest BCUT2D eigenvalue weighted by Gasteiger charge is -2.18. The van der Waals surface area contributed by atoms with E-state index in [1.807, 2.05) is 13.3 Å². The topological polar surface area (TPSA) is 32.3 Å². The second-order valence-corrected chi connectivity index (χ2v) is 3.11. The van der Waals surface area contributed by atoms with Gasteiger partial charge in [-0.3, -0.25) is 0 Å². The Kier molecular flexibility index (Phi) is 5.24. The van der Waals surface area contributed by atoms with Gasteiger partial charge in [0.25, 0.3) is 0 Å². The molecule has 0 aromatic heterocycles. The maximum Gasteiger partial charge on any atom is 0.0564 e. The van der Waals surface area contributed by atoms with Gasteiger partial charge < -0.3 is 10.4 Å². The average molecular weight is 149 g/mol. The van der Waals surface area contributed by atoms with E-state index >= 15 is 0 Å². The molecule has 2 atom stereocenters. The first-order chi connectivity index (χ1) is 4.26. The smallest absolute Gasteiger partial charge is 0.0564 e. The van der Waals surface area contributed by atoms with E-state index in [-0.39, 0.29) is 6.61 Å². The molecule has 0 amide bonds. The molecule has 0 radical (unpaired) electrons. The molecule has 0 aliphatic heterocycles. The van der Waals surface area contributed by atoms with Crippen molar-refractivity contribution in [2.24, 2.45) is 0 Å². The summed E-state index contributed by atoms with van der Waals surface area (Å²) in [6, 6.07) is 0.394. The Morgan fingerprint density at radius 1 is 1.67 bits per heavy atom. The van der Waals surface area contributed by atoms with Crippen molar-refractivity contribution in [2.45, 2.75) is 18.2 Å². The number of aliphatic hydroxyl groups excluding tert-OH is 1. The molecule has 0 heterocycles. The summed E-state index contributed by atoms with van der Waals surface area (Å²) >= 11 is 1.69. The molecule has 2 N–H and O–H groups in total. The van der Waals surface area contributed by atoms with Crippen LogP contribution < -0.4 is 5.32 Å². The molecule has 0 fully saturated rings. The lowest BCUT2D eigenvalue weighted by atomic mass is 10.2. The van der Waals surface area contributed by atoms with Gasteiger partial charge in [-0.2, -0.15) is 11.8 Å². The van der Waals surface area contributed by atoms with Crippen molar-refractivity contribution in [1.82, 2.24) is 5.32 Å². The summed E-state index contributed by atoms with van der Waals surface area (Å²) in [6.45, 7) is 2.32. The molecule has 0 saturated carbocycles. The third-order valence-corrected chi connectivity index (χ3v) is 2.66. The molecule has 2 nitrogen and oxygen atoms in total. The second kappa shape index (κ2) is 5.09. The van der Waals surface area contributed by atoms with Crippen LogP contribution in [0.4, 0.5) is 0 Å². The number of aliphatic hydroxyl groups is 1. The zero-order valence-electron chi connectivity index (χ0n) is 6.22. The average Bonchev–Trinajstić information content (AvgIpc) is 1.90. The third kappa shape index (κ3) is 3.08. The van der Waals surface area contributed by atoms with Crippen LogP contribution >= 0.6 is 11.8 Å². The van der Waals surface area contributed by atoms with Crippen LogP contribution in [-0.4, -0.2) is 36.3 Å². The standard InChI is InChI=1S/C6H15NOS/c1-5(7-2)6(4-8)9-3/h5-8H,4H2,1-3H3. The summed E-state index contributed by atoms with van der Waals surface area (Å²) in [5.74, 6) is 0. The van der Waals surface area contributed by atoms with E-state index in [9.17, 15) is 0 Å². The molecule has 0 saturated heterocycles. The summed E-state index contributed by atoms with van der Waals surface area (Å²) < 4.78 is 0. The van der Waals surface area contributed by atoms with Gasteiger partial charge in [0.1, 0.15) is 0 Å². The fraction of sp³-hybridized carbons (Fsp3) is 1.00. The third-order valence-electron chi connectivity index (χ3n) is 1.50. The van der Waals surface area contributed by atoms with Crippen LogP contribution in [0.15, 0.2) is 0 Å². The molecular formula is C6H15NOS. The number of thioether (sulfide) groups is 1. The van der Waals surface area contributed by atoms with E-state index in [1.165, 1.54) is 0 Å². The number of rotatable bonds is 4. The maximum atomic E-state index is 8.77. The Morgan fingerprint density at radius 2 is 2.22 bits per heavy atom. The molecule has 0 aromatic carbocycles. The SMILES string of the molecule is CNC(C)C(CO)SC. The molecule has 0 aromatic rings. The maximum absolute atomic E-state index is 8.77. The van der Waals surface area contributed by atoms with Gasteiger partial charge in [-0.25, -0.2) is 0 Å². The Morgan fingerprint density at radius 3 is 2.33 bits per heavy atom. The van der Waals surface area contributed by atoms with Crippen molar-refractivity contribution in [3.05, 3.63) is 0 Å². The summed E-state index contributed by atoms with van der Waals surface area (Å²) in [4.78, 5) is 0. The zero-order chi connectivity index (χ0) is 7.28. The monoisotopic (exact) mass is 149 g/mol. The van der Waals surface area contributed by atoms with E-state index in [4.69, 9.17) is 5.11 Å².